The van der Waals surface area contributed by atoms with E-state index in [9.17, 15) is 5.11 Å². The van der Waals surface area contributed by atoms with Gasteiger partial charge in [-0.15, -0.1) is 0 Å². The second kappa shape index (κ2) is 6.06. The van der Waals surface area contributed by atoms with Crippen LogP contribution < -0.4 is 0 Å². The fourth-order valence-corrected chi connectivity index (χ4v) is 3.02. The highest BCUT2D eigenvalue weighted by atomic mass is 16.3. The molecule has 0 radical (unpaired) electrons. The third kappa shape index (κ3) is 2.96. The highest BCUT2D eigenvalue weighted by Crippen LogP contribution is 2.32. The van der Waals surface area contributed by atoms with Crippen LogP contribution in [0.5, 0.6) is 0 Å². The van der Waals surface area contributed by atoms with Crippen LogP contribution in [-0.4, -0.2) is 14.5 Å². The molecule has 1 atom stereocenters. The zero-order valence-corrected chi connectivity index (χ0v) is 15.2. The predicted molar refractivity (Wildman–Crippen MR) is 99.3 cm³/mol. The molecule has 0 aliphatic rings. The molecule has 1 unspecified atom stereocenters. The van der Waals surface area contributed by atoms with E-state index in [4.69, 9.17) is 4.98 Å². The van der Waals surface area contributed by atoms with Gasteiger partial charge in [0, 0.05) is 11.8 Å². The summed E-state index contributed by atoms with van der Waals surface area (Å²) in [6.45, 7) is 10.7. The van der Waals surface area contributed by atoms with Crippen LogP contribution >= 0.6 is 0 Å². The molecular formula is C21H26N2O. The fraction of sp³-hybridized carbons (Fsp3) is 0.381. The summed E-state index contributed by atoms with van der Waals surface area (Å²) >= 11 is 0. The van der Waals surface area contributed by atoms with Crippen molar-refractivity contribution in [3.8, 4) is 11.3 Å². The van der Waals surface area contributed by atoms with E-state index in [2.05, 4.69) is 58.0 Å². The number of benzene rings is 1. The molecule has 3 heteroatoms. The molecule has 3 rings (SSSR count). The van der Waals surface area contributed by atoms with Gasteiger partial charge in [0.1, 0.15) is 5.65 Å². The third-order valence-corrected chi connectivity index (χ3v) is 4.55. The highest BCUT2D eigenvalue weighted by molar-refractivity contribution is 5.67. The molecule has 0 fully saturated rings. The van der Waals surface area contributed by atoms with Gasteiger partial charge < -0.3 is 9.51 Å². The number of hydrogen-bond acceptors (Lipinski definition) is 2. The van der Waals surface area contributed by atoms with E-state index < -0.39 is 6.10 Å². The smallest absolute Gasteiger partial charge is 0.138 e. The van der Waals surface area contributed by atoms with Crippen LogP contribution in [0.1, 0.15) is 57.0 Å². The number of imidazole rings is 1. The summed E-state index contributed by atoms with van der Waals surface area (Å²) < 4.78 is 2.01. The van der Waals surface area contributed by atoms with E-state index in [-0.39, 0.29) is 5.41 Å². The summed E-state index contributed by atoms with van der Waals surface area (Å²) in [6, 6.07) is 12.6. The summed E-state index contributed by atoms with van der Waals surface area (Å²) in [5.41, 5.74) is 6.26. The minimum atomic E-state index is -0.528. The molecule has 126 valence electrons. The number of hydrogen-bond donors (Lipinski definition) is 1. The molecule has 0 saturated heterocycles. The average molecular weight is 322 g/mol. The lowest BCUT2D eigenvalue weighted by Crippen LogP contribution is -2.10. The Labute approximate surface area is 144 Å². The molecular weight excluding hydrogens is 296 g/mol. The SMILES string of the molecule is CCC(O)c1c(-c2ccc(C(C)(C)C)cc2)nc2cc(C)ccn12. The fourth-order valence-electron chi connectivity index (χ4n) is 3.02. The van der Waals surface area contributed by atoms with E-state index in [0.29, 0.717) is 6.42 Å². The van der Waals surface area contributed by atoms with Gasteiger partial charge in [0.2, 0.25) is 0 Å². The topological polar surface area (TPSA) is 37.5 Å². The van der Waals surface area contributed by atoms with Gasteiger partial charge in [-0.3, -0.25) is 0 Å². The van der Waals surface area contributed by atoms with E-state index in [1.165, 1.54) is 11.1 Å². The van der Waals surface area contributed by atoms with Crippen molar-refractivity contribution in [2.24, 2.45) is 0 Å². The molecule has 1 N–H and O–H groups in total. The Morgan fingerprint density at radius 1 is 1.12 bits per heavy atom. The molecule has 0 aliphatic heterocycles. The quantitative estimate of drug-likeness (QED) is 0.732. The van der Waals surface area contributed by atoms with E-state index >= 15 is 0 Å². The predicted octanol–water partition coefficient (Wildman–Crippen LogP) is 5.05. The first kappa shape index (κ1) is 16.7. The Hall–Kier alpha value is -2.13. The molecule has 0 aliphatic carbocycles. The summed E-state index contributed by atoms with van der Waals surface area (Å²) in [5, 5.41) is 10.6. The first-order valence-corrected chi connectivity index (χ1v) is 8.59. The van der Waals surface area contributed by atoms with Crippen LogP contribution in [0.15, 0.2) is 42.6 Å². The zero-order chi connectivity index (χ0) is 17.5. The monoisotopic (exact) mass is 322 g/mol. The molecule has 1 aromatic carbocycles. The molecule has 24 heavy (non-hydrogen) atoms. The number of nitrogens with zero attached hydrogens (tertiary/aromatic N) is 2. The molecule has 0 spiro atoms. The number of aliphatic hydroxyl groups is 1. The Bertz CT molecular complexity index is 854. The van der Waals surface area contributed by atoms with Crippen LogP contribution in [0.3, 0.4) is 0 Å². The highest BCUT2D eigenvalue weighted by Gasteiger charge is 2.20. The lowest BCUT2D eigenvalue weighted by molar-refractivity contribution is 0.168. The lowest BCUT2D eigenvalue weighted by atomic mass is 9.86. The number of aromatic nitrogens is 2. The Balaban J connectivity index is 2.18. The normalized spacial score (nSPS) is 13.4. The van der Waals surface area contributed by atoms with Crippen molar-refractivity contribution in [3.63, 3.8) is 0 Å². The maximum Gasteiger partial charge on any atom is 0.138 e. The van der Waals surface area contributed by atoms with E-state index in [1.54, 1.807) is 0 Å². The molecule has 3 nitrogen and oxygen atoms in total. The number of fused-ring (bicyclic) bond motifs is 1. The van der Waals surface area contributed by atoms with Crippen molar-refractivity contribution in [3.05, 3.63) is 59.4 Å². The third-order valence-electron chi connectivity index (χ3n) is 4.55. The van der Waals surface area contributed by atoms with Gasteiger partial charge in [0.05, 0.1) is 17.5 Å². The molecule has 0 amide bonds. The summed E-state index contributed by atoms with van der Waals surface area (Å²) in [7, 11) is 0. The standard InChI is InChI=1S/C21H26N2O/c1-6-17(24)20-19(22-18-13-14(2)11-12-23(18)20)15-7-9-16(10-8-15)21(3,4)5/h7-13,17,24H,6H2,1-5H3. The van der Waals surface area contributed by atoms with Gasteiger partial charge in [0.25, 0.3) is 0 Å². The minimum Gasteiger partial charge on any atom is -0.387 e. The molecule has 0 bridgehead atoms. The molecule has 3 aromatic rings. The van der Waals surface area contributed by atoms with Crippen LogP contribution in [-0.2, 0) is 5.41 Å². The van der Waals surface area contributed by atoms with Crippen LogP contribution in [0.4, 0.5) is 0 Å². The summed E-state index contributed by atoms with van der Waals surface area (Å²) in [6.07, 6.45) is 2.13. The van der Waals surface area contributed by atoms with Crippen molar-refractivity contribution in [1.29, 1.82) is 0 Å². The van der Waals surface area contributed by atoms with Crippen molar-refractivity contribution < 1.29 is 5.11 Å². The largest absolute Gasteiger partial charge is 0.387 e. The number of rotatable bonds is 3. The van der Waals surface area contributed by atoms with Crippen LogP contribution in [0, 0.1) is 6.92 Å². The first-order valence-electron chi connectivity index (χ1n) is 8.59. The van der Waals surface area contributed by atoms with Crippen LogP contribution in [0.2, 0.25) is 0 Å². The number of aryl methyl sites for hydroxylation is 1. The minimum absolute atomic E-state index is 0.125. The second-order valence-electron chi connectivity index (χ2n) is 7.53. The molecule has 2 heterocycles. The van der Waals surface area contributed by atoms with Gasteiger partial charge in [-0.1, -0.05) is 52.0 Å². The molecule has 2 aromatic heterocycles. The van der Waals surface area contributed by atoms with Gasteiger partial charge in [-0.2, -0.15) is 0 Å². The first-order chi connectivity index (χ1) is 11.3. The summed E-state index contributed by atoms with van der Waals surface area (Å²) in [4.78, 5) is 4.81. The zero-order valence-electron chi connectivity index (χ0n) is 15.2. The van der Waals surface area contributed by atoms with Crippen molar-refractivity contribution in [2.75, 3.05) is 0 Å². The van der Waals surface area contributed by atoms with Gasteiger partial charge in [-0.05, 0) is 42.0 Å². The van der Waals surface area contributed by atoms with Crippen LogP contribution in [0.25, 0.3) is 16.9 Å². The van der Waals surface area contributed by atoms with Crippen molar-refractivity contribution in [2.45, 2.75) is 52.6 Å². The summed E-state index contributed by atoms with van der Waals surface area (Å²) in [5.74, 6) is 0. The maximum atomic E-state index is 10.6. The second-order valence-corrected chi connectivity index (χ2v) is 7.53. The van der Waals surface area contributed by atoms with E-state index in [1.807, 2.05) is 23.6 Å². The lowest BCUT2D eigenvalue weighted by Gasteiger charge is -2.19. The maximum absolute atomic E-state index is 10.6. The van der Waals surface area contributed by atoms with Crippen molar-refractivity contribution >= 4 is 5.65 Å². The van der Waals surface area contributed by atoms with E-state index in [0.717, 1.165) is 22.6 Å². The number of pyridine rings is 1. The van der Waals surface area contributed by atoms with Gasteiger partial charge >= 0.3 is 0 Å². The molecule has 0 saturated carbocycles. The average Bonchev–Trinajstić information content (AvgIpc) is 2.91. The van der Waals surface area contributed by atoms with Gasteiger partial charge in [-0.25, -0.2) is 4.98 Å². The van der Waals surface area contributed by atoms with Gasteiger partial charge in [0.15, 0.2) is 0 Å². The Morgan fingerprint density at radius 2 is 1.79 bits per heavy atom. The Morgan fingerprint density at radius 3 is 2.38 bits per heavy atom. The Kier molecular flexibility index (Phi) is 4.22. The van der Waals surface area contributed by atoms with Crippen molar-refractivity contribution in [1.82, 2.24) is 9.38 Å². The number of aliphatic hydroxyl groups excluding tert-OH is 1.